The summed E-state index contributed by atoms with van der Waals surface area (Å²) in [6.07, 6.45) is 1.94. The van der Waals surface area contributed by atoms with E-state index in [2.05, 4.69) is 5.16 Å². The molecule has 0 saturated carbocycles. The van der Waals surface area contributed by atoms with Gasteiger partial charge in [0.2, 0.25) is 0 Å². The first kappa shape index (κ1) is 11.3. The van der Waals surface area contributed by atoms with Gasteiger partial charge in [-0.05, 0) is 43.2 Å². The van der Waals surface area contributed by atoms with Crippen molar-refractivity contribution < 1.29 is 9.94 Å². The average molecular weight is 205 g/mol. The molecule has 0 atom stereocenters. The molecule has 1 aromatic carbocycles. The molecule has 0 aliphatic heterocycles. The molecular formula is C12H15NO2. The van der Waals surface area contributed by atoms with Crippen LogP contribution in [0.25, 0.3) is 6.08 Å². The highest BCUT2D eigenvalue weighted by Gasteiger charge is 1.97. The van der Waals surface area contributed by atoms with Gasteiger partial charge in [-0.3, -0.25) is 0 Å². The van der Waals surface area contributed by atoms with Gasteiger partial charge in [-0.1, -0.05) is 17.3 Å². The summed E-state index contributed by atoms with van der Waals surface area (Å²) in [6.45, 7) is 3.65. The number of rotatable bonds is 3. The molecule has 3 nitrogen and oxygen atoms in total. The summed E-state index contributed by atoms with van der Waals surface area (Å²) in [5.74, 6) is 0.815. The van der Waals surface area contributed by atoms with Gasteiger partial charge in [0, 0.05) is 0 Å². The molecule has 0 aromatic heterocycles. The fourth-order valence-corrected chi connectivity index (χ4v) is 1.16. The first-order chi connectivity index (χ1) is 7.17. The minimum atomic E-state index is 0.609. The second-order valence-electron chi connectivity index (χ2n) is 3.29. The maximum atomic E-state index is 8.61. The molecular weight excluding hydrogens is 190 g/mol. The maximum absolute atomic E-state index is 8.61. The Morgan fingerprint density at radius 2 is 2.13 bits per heavy atom. The first-order valence-corrected chi connectivity index (χ1v) is 4.68. The van der Waals surface area contributed by atoms with E-state index in [9.17, 15) is 0 Å². The van der Waals surface area contributed by atoms with Gasteiger partial charge in [0.25, 0.3) is 0 Å². The van der Waals surface area contributed by atoms with Crippen LogP contribution in [0.1, 0.15) is 19.4 Å². The van der Waals surface area contributed by atoms with Crippen molar-refractivity contribution in [2.24, 2.45) is 5.16 Å². The summed E-state index contributed by atoms with van der Waals surface area (Å²) in [7, 11) is 1.64. The molecule has 80 valence electrons. The quantitative estimate of drug-likeness (QED) is 0.468. The summed E-state index contributed by atoms with van der Waals surface area (Å²) in [4.78, 5) is 0. The van der Waals surface area contributed by atoms with Crippen LogP contribution >= 0.6 is 0 Å². The van der Waals surface area contributed by atoms with E-state index in [1.54, 1.807) is 14.0 Å². The predicted molar refractivity (Wildman–Crippen MR) is 61.5 cm³/mol. The van der Waals surface area contributed by atoms with Crippen molar-refractivity contribution in [3.8, 4) is 5.75 Å². The van der Waals surface area contributed by atoms with Gasteiger partial charge < -0.3 is 9.94 Å². The minimum absolute atomic E-state index is 0.609. The topological polar surface area (TPSA) is 41.8 Å². The molecule has 1 N–H and O–H groups in total. The molecule has 3 heteroatoms. The molecule has 0 radical (unpaired) electrons. The smallest absolute Gasteiger partial charge is 0.119 e. The lowest BCUT2D eigenvalue weighted by atomic mass is 10.1. The second kappa shape index (κ2) is 5.20. The highest BCUT2D eigenvalue weighted by molar-refractivity contribution is 6.01. The zero-order valence-corrected chi connectivity index (χ0v) is 9.19. The summed E-state index contributed by atoms with van der Waals surface area (Å²) in [5, 5.41) is 11.8. The van der Waals surface area contributed by atoms with Gasteiger partial charge in [0.15, 0.2) is 0 Å². The third-order valence-electron chi connectivity index (χ3n) is 2.20. The lowest BCUT2D eigenvalue weighted by Gasteiger charge is -2.02. The van der Waals surface area contributed by atoms with Crippen LogP contribution < -0.4 is 4.74 Å². The van der Waals surface area contributed by atoms with E-state index < -0.39 is 0 Å². The lowest BCUT2D eigenvalue weighted by Crippen LogP contribution is -1.92. The molecule has 0 spiro atoms. The van der Waals surface area contributed by atoms with Crippen LogP contribution in [0.4, 0.5) is 0 Å². The average Bonchev–Trinajstić information content (AvgIpc) is 2.28. The molecule has 0 amide bonds. The normalized spacial score (nSPS) is 12.7. The minimum Gasteiger partial charge on any atom is -0.497 e. The Bertz CT molecular complexity index is 394. The van der Waals surface area contributed by atoms with Gasteiger partial charge in [0.1, 0.15) is 5.75 Å². The van der Waals surface area contributed by atoms with Gasteiger partial charge in [-0.15, -0.1) is 0 Å². The third kappa shape index (κ3) is 3.13. The molecule has 0 saturated heterocycles. The number of allylic oxidation sites excluding steroid dienone is 1. The SMILES string of the molecule is COc1cccc(/C=C(C)\C(C)=N\O)c1. The molecule has 0 heterocycles. The number of hydrogen-bond donors (Lipinski definition) is 1. The van der Waals surface area contributed by atoms with E-state index in [-0.39, 0.29) is 0 Å². The molecule has 1 rings (SSSR count). The lowest BCUT2D eigenvalue weighted by molar-refractivity contribution is 0.319. The molecule has 0 bridgehead atoms. The molecule has 0 aliphatic rings. The fourth-order valence-electron chi connectivity index (χ4n) is 1.16. The molecule has 15 heavy (non-hydrogen) atoms. The van der Waals surface area contributed by atoms with Crippen LogP contribution in [0.15, 0.2) is 35.0 Å². The zero-order chi connectivity index (χ0) is 11.3. The van der Waals surface area contributed by atoms with E-state index in [1.165, 1.54) is 0 Å². The van der Waals surface area contributed by atoms with Crippen molar-refractivity contribution >= 4 is 11.8 Å². The molecule has 0 unspecified atom stereocenters. The maximum Gasteiger partial charge on any atom is 0.119 e. The first-order valence-electron chi connectivity index (χ1n) is 4.68. The monoisotopic (exact) mass is 205 g/mol. The summed E-state index contributed by atoms with van der Waals surface area (Å²) in [6, 6.07) is 7.70. The number of hydrogen-bond acceptors (Lipinski definition) is 3. The number of oxime groups is 1. The summed E-state index contributed by atoms with van der Waals surface area (Å²) >= 11 is 0. The van der Waals surface area contributed by atoms with Crippen LogP contribution in [-0.2, 0) is 0 Å². The van der Waals surface area contributed by atoms with Crippen LogP contribution in [0, 0.1) is 0 Å². The number of ether oxygens (including phenoxy) is 1. The van der Waals surface area contributed by atoms with E-state index in [0.29, 0.717) is 5.71 Å². The highest BCUT2D eigenvalue weighted by atomic mass is 16.5. The van der Waals surface area contributed by atoms with Crippen molar-refractivity contribution in [2.75, 3.05) is 7.11 Å². The van der Waals surface area contributed by atoms with Gasteiger partial charge in [0.05, 0.1) is 12.8 Å². The Morgan fingerprint density at radius 1 is 1.40 bits per heavy atom. The number of methoxy groups -OCH3 is 1. The van der Waals surface area contributed by atoms with Crippen LogP contribution in [0.5, 0.6) is 5.75 Å². The Hall–Kier alpha value is -1.77. The molecule has 1 aromatic rings. The highest BCUT2D eigenvalue weighted by Crippen LogP contribution is 2.15. The Balaban J connectivity index is 2.97. The van der Waals surface area contributed by atoms with Crippen LogP contribution in [0.3, 0.4) is 0 Å². The van der Waals surface area contributed by atoms with Crippen LogP contribution in [-0.4, -0.2) is 18.0 Å². The van der Waals surface area contributed by atoms with Crippen molar-refractivity contribution in [2.45, 2.75) is 13.8 Å². The van der Waals surface area contributed by atoms with Crippen molar-refractivity contribution in [3.05, 3.63) is 35.4 Å². The summed E-state index contributed by atoms with van der Waals surface area (Å²) < 4.78 is 5.11. The Kier molecular flexibility index (Phi) is 3.92. The van der Waals surface area contributed by atoms with E-state index >= 15 is 0 Å². The number of nitrogens with zero attached hydrogens (tertiary/aromatic N) is 1. The Morgan fingerprint density at radius 3 is 2.73 bits per heavy atom. The van der Waals surface area contributed by atoms with E-state index in [1.807, 2.05) is 37.3 Å². The third-order valence-corrected chi connectivity index (χ3v) is 2.20. The van der Waals surface area contributed by atoms with Gasteiger partial charge in [-0.2, -0.15) is 0 Å². The summed E-state index contributed by atoms with van der Waals surface area (Å²) in [5.41, 5.74) is 2.55. The zero-order valence-electron chi connectivity index (χ0n) is 9.19. The molecule has 0 fully saturated rings. The molecule has 0 aliphatic carbocycles. The van der Waals surface area contributed by atoms with Crippen molar-refractivity contribution in [1.82, 2.24) is 0 Å². The fraction of sp³-hybridized carbons (Fsp3) is 0.250. The van der Waals surface area contributed by atoms with Crippen LogP contribution in [0.2, 0.25) is 0 Å². The Labute approximate surface area is 89.7 Å². The van der Waals surface area contributed by atoms with Gasteiger partial charge in [-0.25, -0.2) is 0 Å². The number of benzene rings is 1. The second-order valence-corrected chi connectivity index (χ2v) is 3.29. The van der Waals surface area contributed by atoms with Crippen molar-refractivity contribution in [3.63, 3.8) is 0 Å². The predicted octanol–water partition coefficient (Wildman–Crippen LogP) is 2.95. The standard InChI is InChI=1S/C12H15NO2/c1-9(10(2)13-14)7-11-5-4-6-12(8-11)15-3/h4-8,14H,1-3H3/b9-7-,13-10+. The van der Waals surface area contributed by atoms with E-state index in [4.69, 9.17) is 9.94 Å². The largest absolute Gasteiger partial charge is 0.497 e. The van der Waals surface area contributed by atoms with Gasteiger partial charge >= 0.3 is 0 Å². The van der Waals surface area contributed by atoms with E-state index in [0.717, 1.165) is 16.9 Å². The van der Waals surface area contributed by atoms with Crippen molar-refractivity contribution in [1.29, 1.82) is 0 Å².